The van der Waals surface area contributed by atoms with E-state index in [1.807, 2.05) is 6.92 Å². The van der Waals surface area contributed by atoms with Crippen molar-refractivity contribution in [1.82, 2.24) is 5.32 Å². The van der Waals surface area contributed by atoms with Crippen molar-refractivity contribution in [2.45, 2.75) is 18.9 Å². The number of rotatable bonds is 4. The van der Waals surface area contributed by atoms with Gasteiger partial charge in [-0.05, 0) is 25.5 Å². The van der Waals surface area contributed by atoms with E-state index in [1.54, 1.807) is 24.3 Å². The van der Waals surface area contributed by atoms with Gasteiger partial charge < -0.3 is 20.5 Å². The lowest BCUT2D eigenvalue weighted by molar-refractivity contribution is -0.124. The van der Waals surface area contributed by atoms with Gasteiger partial charge in [0.1, 0.15) is 5.75 Å². The predicted molar refractivity (Wildman–Crippen MR) is 68.3 cm³/mol. The molecule has 0 radical (unpaired) electrons. The summed E-state index contributed by atoms with van der Waals surface area (Å²) in [7, 11) is 0. The van der Waals surface area contributed by atoms with E-state index in [1.165, 1.54) is 0 Å². The van der Waals surface area contributed by atoms with Crippen molar-refractivity contribution in [3.05, 3.63) is 24.3 Å². The summed E-state index contributed by atoms with van der Waals surface area (Å²) in [6, 6.07) is 7.01. The zero-order valence-corrected chi connectivity index (χ0v) is 10.4. The lowest BCUT2D eigenvalue weighted by Gasteiger charge is -2.23. The first-order valence-electron chi connectivity index (χ1n) is 5.94. The van der Waals surface area contributed by atoms with Gasteiger partial charge >= 0.3 is 0 Å². The van der Waals surface area contributed by atoms with Crippen LogP contribution in [0.2, 0.25) is 0 Å². The molecule has 1 aromatic rings. The Bertz CT molecular complexity index is 428. The molecule has 3 N–H and O–H groups in total. The summed E-state index contributed by atoms with van der Waals surface area (Å²) in [5.74, 6) is 0.448. The number of benzene rings is 1. The van der Waals surface area contributed by atoms with Gasteiger partial charge in [-0.3, -0.25) is 4.79 Å². The zero-order valence-electron chi connectivity index (χ0n) is 10.4. The second-order valence-electron chi connectivity index (χ2n) is 4.77. The van der Waals surface area contributed by atoms with Crippen LogP contribution in [0.25, 0.3) is 0 Å². The van der Waals surface area contributed by atoms with Crippen molar-refractivity contribution in [2.24, 2.45) is 0 Å². The maximum absolute atomic E-state index is 11.7. The van der Waals surface area contributed by atoms with Gasteiger partial charge in [0.25, 0.3) is 5.91 Å². The van der Waals surface area contributed by atoms with Gasteiger partial charge in [0.15, 0.2) is 6.61 Å². The molecule has 5 nitrogen and oxygen atoms in total. The number of hydrogen-bond acceptors (Lipinski definition) is 4. The Kier molecular flexibility index (Phi) is 3.72. The molecule has 0 saturated carbocycles. The average Bonchev–Trinajstić information content (AvgIpc) is 2.73. The molecule has 1 fully saturated rings. The highest BCUT2D eigenvalue weighted by Gasteiger charge is 2.31. The van der Waals surface area contributed by atoms with Gasteiger partial charge in [-0.2, -0.15) is 0 Å². The summed E-state index contributed by atoms with van der Waals surface area (Å²) in [6.07, 6.45) is 0.830. The molecule has 1 unspecified atom stereocenters. The Hall–Kier alpha value is -1.75. The van der Waals surface area contributed by atoms with Gasteiger partial charge in [0, 0.05) is 18.4 Å². The highest BCUT2D eigenvalue weighted by molar-refractivity contribution is 5.78. The van der Waals surface area contributed by atoms with E-state index in [0.717, 1.165) is 6.42 Å². The van der Waals surface area contributed by atoms with Crippen molar-refractivity contribution < 1.29 is 14.3 Å². The quantitative estimate of drug-likeness (QED) is 0.780. The van der Waals surface area contributed by atoms with Crippen molar-refractivity contribution in [2.75, 3.05) is 25.6 Å². The molecule has 1 atom stereocenters. The van der Waals surface area contributed by atoms with Gasteiger partial charge in [0.05, 0.1) is 12.1 Å². The van der Waals surface area contributed by atoms with Gasteiger partial charge in [-0.25, -0.2) is 0 Å². The summed E-state index contributed by atoms with van der Waals surface area (Å²) in [5, 5.41) is 2.92. The Morgan fingerprint density at radius 2 is 2.44 bits per heavy atom. The molecule has 2 rings (SSSR count). The van der Waals surface area contributed by atoms with Crippen LogP contribution < -0.4 is 15.8 Å². The van der Waals surface area contributed by atoms with E-state index < -0.39 is 0 Å². The molecule has 0 spiro atoms. The van der Waals surface area contributed by atoms with E-state index in [0.29, 0.717) is 24.7 Å². The fraction of sp³-hybridized carbons (Fsp3) is 0.462. The van der Waals surface area contributed by atoms with Gasteiger partial charge in [-0.1, -0.05) is 6.07 Å². The molecule has 1 aromatic carbocycles. The first-order valence-corrected chi connectivity index (χ1v) is 5.94. The van der Waals surface area contributed by atoms with Crippen LogP contribution in [-0.4, -0.2) is 31.3 Å². The first-order chi connectivity index (χ1) is 8.57. The molecule has 1 aliphatic rings. The second kappa shape index (κ2) is 5.27. The zero-order chi connectivity index (χ0) is 13.0. The van der Waals surface area contributed by atoms with E-state index in [2.05, 4.69) is 5.32 Å². The standard InChI is InChI=1S/C13H18N2O3/c1-13(5-6-17-9-13)15-12(16)8-18-11-4-2-3-10(14)7-11/h2-4,7H,5-6,8-9,14H2,1H3,(H,15,16). The maximum atomic E-state index is 11.7. The van der Waals surface area contributed by atoms with E-state index in [-0.39, 0.29) is 18.1 Å². The van der Waals surface area contributed by atoms with Crippen molar-refractivity contribution in [1.29, 1.82) is 0 Å². The molecule has 0 aromatic heterocycles. The van der Waals surface area contributed by atoms with Crippen LogP contribution >= 0.6 is 0 Å². The third-order valence-corrected chi connectivity index (χ3v) is 2.89. The van der Waals surface area contributed by atoms with Crippen molar-refractivity contribution >= 4 is 11.6 Å². The SMILES string of the molecule is CC1(NC(=O)COc2cccc(N)c2)CCOC1. The number of amides is 1. The number of nitrogen functional groups attached to an aromatic ring is 1. The van der Waals surface area contributed by atoms with E-state index >= 15 is 0 Å². The summed E-state index contributed by atoms with van der Waals surface area (Å²) >= 11 is 0. The summed E-state index contributed by atoms with van der Waals surface area (Å²) < 4.78 is 10.6. The van der Waals surface area contributed by atoms with E-state index in [9.17, 15) is 4.79 Å². The van der Waals surface area contributed by atoms with Crippen LogP contribution in [0.1, 0.15) is 13.3 Å². The normalized spacial score (nSPS) is 22.7. The minimum atomic E-state index is -0.268. The third kappa shape index (κ3) is 3.37. The molecule has 98 valence electrons. The number of ether oxygens (including phenoxy) is 2. The number of hydrogen-bond donors (Lipinski definition) is 2. The fourth-order valence-electron chi connectivity index (χ4n) is 1.89. The number of carbonyl (C=O) groups is 1. The highest BCUT2D eigenvalue weighted by atomic mass is 16.5. The second-order valence-corrected chi connectivity index (χ2v) is 4.77. The van der Waals surface area contributed by atoms with Crippen LogP contribution in [0, 0.1) is 0 Å². The first kappa shape index (κ1) is 12.7. The topological polar surface area (TPSA) is 73.6 Å². The molecule has 5 heteroatoms. The summed E-state index contributed by atoms with van der Waals surface area (Å²) in [5.41, 5.74) is 5.97. The molecule has 1 amide bonds. The fourth-order valence-corrected chi connectivity index (χ4v) is 1.89. The molecule has 0 aliphatic carbocycles. The molecule has 18 heavy (non-hydrogen) atoms. The number of nitrogens with two attached hydrogens (primary N) is 1. The average molecular weight is 250 g/mol. The van der Waals surface area contributed by atoms with Crippen LogP contribution in [0.3, 0.4) is 0 Å². The molecular weight excluding hydrogens is 232 g/mol. The number of carbonyl (C=O) groups excluding carboxylic acids is 1. The Labute approximate surface area is 106 Å². The summed E-state index contributed by atoms with van der Waals surface area (Å²) in [6.45, 7) is 3.20. The summed E-state index contributed by atoms with van der Waals surface area (Å²) in [4.78, 5) is 11.7. The predicted octanol–water partition coefficient (Wildman–Crippen LogP) is 0.943. The molecule has 0 bridgehead atoms. The largest absolute Gasteiger partial charge is 0.484 e. The van der Waals surface area contributed by atoms with Crippen LogP contribution in [0.5, 0.6) is 5.75 Å². The molecule has 1 saturated heterocycles. The highest BCUT2D eigenvalue weighted by Crippen LogP contribution is 2.17. The van der Waals surface area contributed by atoms with Gasteiger partial charge in [-0.15, -0.1) is 0 Å². The molecule has 1 heterocycles. The van der Waals surface area contributed by atoms with Crippen molar-refractivity contribution in [3.63, 3.8) is 0 Å². The van der Waals surface area contributed by atoms with Crippen LogP contribution in [0.4, 0.5) is 5.69 Å². The Morgan fingerprint density at radius 1 is 1.61 bits per heavy atom. The maximum Gasteiger partial charge on any atom is 0.258 e. The van der Waals surface area contributed by atoms with Crippen LogP contribution in [-0.2, 0) is 9.53 Å². The monoisotopic (exact) mass is 250 g/mol. The number of nitrogens with one attached hydrogen (secondary N) is 1. The Morgan fingerprint density at radius 3 is 3.11 bits per heavy atom. The van der Waals surface area contributed by atoms with Gasteiger partial charge in [0.2, 0.25) is 0 Å². The number of anilines is 1. The minimum absolute atomic E-state index is 0.0148. The minimum Gasteiger partial charge on any atom is -0.484 e. The molecule has 1 aliphatic heterocycles. The lowest BCUT2D eigenvalue weighted by atomic mass is 10.0. The molecular formula is C13H18N2O3. The van der Waals surface area contributed by atoms with Crippen LogP contribution in [0.15, 0.2) is 24.3 Å². The smallest absolute Gasteiger partial charge is 0.258 e. The van der Waals surface area contributed by atoms with Crippen molar-refractivity contribution in [3.8, 4) is 5.75 Å². The lowest BCUT2D eigenvalue weighted by Crippen LogP contribution is -2.48. The Balaban J connectivity index is 1.81. The third-order valence-electron chi connectivity index (χ3n) is 2.89. The van der Waals surface area contributed by atoms with E-state index in [4.69, 9.17) is 15.2 Å².